The lowest BCUT2D eigenvalue weighted by Crippen LogP contribution is -2.48. The van der Waals surface area contributed by atoms with Crippen LogP contribution in [-0.4, -0.2) is 57.1 Å². The molecule has 0 radical (unpaired) electrons. The number of halogens is 1. The van der Waals surface area contributed by atoms with Crippen LogP contribution in [0.15, 0.2) is 24.3 Å². The average Bonchev–Trinajstić information content (AvgIpc) is 3.45. The summed E-state index contributed by atoms with van der Waals surface area (Å²) in [4.78, 5) is 37.1. The van der Waals surface area contributed by atoms with Crippen molar-refractivity contribution in [2.75, 3.05) is 24.6 Å². The molecule has 2 aliphatic heterocycles. The van der Waals surface area contributed by atoms with Crippen LogP contribution in [0.4, 0.5) is 10.6 Å². The monoisotopic (exact) mass is 702 g/mol. The van der Waals surface area contributed by atoms with Gasteiger partial charge in [0.25, 0.3) is 0 Å². The number of nitrogens with one attached hydrogen (secondary N) is 1. The minimum atomic E-state index is -0.582. The fourth-order valence-electron chi connectivity index (χ4n) is 6.65. The lowest BCUT2D eigenvalue weighted by molar-refractivity contribution is -0.142. The summed E-state index contributed by atoms with van der Waals surface area (Å²) < 4.78 is 19.7. The van der Waals surface area contributed by atoms with Gasteiger partial charge in [-0.25, -0.2) is 19.4 Å². The fourth-order valence-corrected chi connectivity index (χ4v) is 7.25. The van der Waals surface area contributed by atoms with E-state index in [4.69, 9.17) is 29.3 Å². The molecule has 230 valence electrons. The molecule has 11 nitrogen and oxygen atoms in total. The van der Waals surface area contributed by atoms with Crippen LogP contribution in [0.2, 0.25) is 0 Å². The zero-order valence-corrected chi connectivity index (χ0v) is 27.3. The zero-order valence-electron chi connectivity index (χ0n) is 25.2. The number of hydrogen-bond donors (Lipinski definition) is 1. The molecule has 1 N–H and O–H groups in total. The number of alkyl carbamates (subject to hydrolysis) is 1. The van der Waals surface area contributed by atoms with E-state index in [1.165, 1.54) is 12.5 Å². The molecule has 0 saturated carbocycles. The summed E-state index contributed by atoms with van der Waals surface area (Å²) in [5.74, 6) is 0.329. The third-order valence-electron chi connectivity index (χ3n) is 8.62. The van der Waals surface area contributed by atoms with Crippen molar-refractivity contribution in [3.05, 3.63) is 44.8 Å². The average molecular weight is 703 g/mol. The standard InChI is InChI=1S/C31H39IN6O5/c1-19(39)42-18-22-27(35-28-24(33-22)26(32)36-38(28)23-11-7-8-16-41-23)37-14-12-31(13-15-37)17-20-9-5-6-10-21(20)25(31)34-29(40)43-30(2,3)4/h5-6,9-10,23,25H,7-8,11-18H2,1-4H3,(H,34,40)/t23?,25-/m1/s1. The molecule has 3 aliphatic rings. The van der Waals surface area contributed by atoms with Crippen molar-refractivity contribution >= 4 is 51.6 Å². The summed E-state index contributed by atoms with van der Waals surface area (Å²) >= 11 is 2.18. The second-order valence-electron chi connectivity index (χ2n) is 12.8. The van der Waals surface area contributed by atoms with Gasteiger partial charge in [-0.1, -0.05) is 24.3 Å². The van der Waals surface area contributed by atoms with Gasteiger partial charge in [0.05, 0.1) is 6.04 Å². The van der Waals surface area contributed by atoms with Crippen LogP contribution in [0, 0.1) is 9.12 Å². The second kappa shape index (κ2) is 11.8. The molecule has 1 amide bonds. The Morgan fingerprint density at radius 2 is 1.93 bits per heavy atom. The topological polar surface area (TPSA) is 121 Å². The largest absolute Gasteiger partial charge is 0.459 e. The number of benzene rings is 1. The van der Waals surface area contributed by atoms with Crippen molar-refractivity contribution in [3.8, 4) is 0 Å². The molecule has 2 fully saturated rings. The number of esters is 1. The van der Waals surface area contributed by atoms with Gasteiger partial charge >= 0.3 is 12.1 Å². The Morgan fingerprint density at radius 3 is 2.63 bits per heavy atom. The first-order chi connectivity index (χ1) is 20.5. The van der Waals surface area contributed by atoms with Crippen molar-refractivity contribution in [3.63, 3.8) is 0 Å². The summed E-state index contributed by atoms with van der Waals surface area (Å²) in [6.45, 7) is 9.17. The van der Waals surface area contributed by atoms with E-state index in [0.717, 1.165) is 47.8 Å². The van der Waals surface area contributed by atoms with E-state index in [1.807, 2.05) is 31.5 Å². The van der Waals surface area contributed by atoms with Gasteiger partial charge < -0.3 is 24.4 Å². The number of piperidine rings is 1. The van der Waals surface area contributed by atoms with Crippen LogP contribution >= 0.6 is 22.6 Å². The van der Waals surface area contributed by atoms with Crippen molar-refractivity contribution in [1.29, 1.82) is 0 Å². The molecule has 3 aromatic rings. The highest BCUT2D eigenvalue weighted by molar-refractivity contribution is 14.1. The number of ether oxygens (including phenoxy) is 3. The zero-order chi connectivity index (χ0) is 30.4. The number of fused-ring (bicyclic) bond motifs is 2. The quantitative estimate of drug-likeness (QED) is 0.268. The van der Waals surface area contributed by atoms with Crippen LogP contribution in [0.3, 0.4) is 0 Å². The Labute approximate surface area is 265 Å². The molecule has 1 aromatic carbocycles. The highest BCUT2D eigenvalue weighted by Crippen LogP contribution is 2.52. The summed E-state index contributed by atoms with van der Waals surface area (Å²) in [6.07, 6.45) is 4.95. The third-order valence-corrected chi connectivity index (χ3v) is 9.34. The SMILES string of the molecule is CC(=O)OCc1nc2c(I)nn(C3CCCCO3)c2nc1N1CCC2(CC1)Cc1ccccc1[C@H]2NC(=O)OC(C)(C)C. The number of carbonyl (C=O) groups excluding carboxylic acids is 2. The van der Waals surface area contributed by atoms with Crippen LogP contribution in [-0.2, 0) is 32.0 Å². The molecule has 1 unspecified atom stereocenters. The van der Waals surface area contributed by atoms with Crippen LogP contribution in [0.25, 0.3) is 11.2 Å². The summed E-state index contributed by atoms with van der Waals surface area (Å²) in [7, 11) is 0. The molecule has 6 rings (SSSR count). The van der Waals surface area contributed by atoms with Gasteiger partial charge in [-0.05, 0) is 93.0 Å². The lowest BCUT2D eigenvalue weighted by atomic mass is 9.72. The number of amides is 1. The molecule has 1 aliphatic carbocycles. The van der Waals surface area contributed by atoms with Gasteiger partial charge in [-0.3, -0.25) is 4.79 Å². The molecule has 1 spiro atoms. The van der Waals surface area contributed by atoms with Gasteiger partial charge in [0.15, 0.2) is 21.4 Å². The molecular formula is C31H39IN6O5. The van der Waals surface area contributed by atoms with Crippen molar-refractivity contribution in [2.24, 2.45) is 5.41 Å². The van der Waals surface area contributed by atoms with E-state index in [9.17, 15) is 9.59 Å². The van der Waals surface area contributed by atoms with Gasteiger partial charge in [-0.15, -0.1) is 0 Å². The highest BCUT2D eigenvalue weighted by atomic mass is 127. The number of aromatic nitrogens is 4. The molecule has 12 heteroatoms. The Kier molecular flexibility index (Phi) is 8.26. The molecule has 2 aromatic heterocycles. The summed E-state index contributed by atoms with van der Waals surface area (Å²) in [6, 6.07) is 8.22. The smallest absolute Gasteiger partial charge is 0.408 e. The molecule has 43 heavy (non-hydrogen) atoms. The van der Waals surface area contributed by atoms with E-state index >= 15 is 0 Å². The van der Waals surface area contributed by atoms with E-state index in [2.05, 4.69) is 51.0 Å². The first kappa shape index (κ1) is 30.0. The Morgan fingerprint density at radius 1 is 1.16 bits per heavy atom. The molecule has 2 atom stereocenters. The van der Waals surface area contributed by atoms with Crippen LogP contribution in [0.1, 0.15) is 88.9 Å². The number of rotatable bonds is 5. The lowest BCUT2D eigenvalue weighted by Gasteiger charge is -2.44. The molecule has 0 bridgehead atoms. The second-order valence-corrected chi connectivity index (χ2v) is 13.8. The Bertz CT molecular complexity index is 1520. The van der Waals surface area contributed by atoms with Crippen molar-refractivity contribution in [1.82, 2.24) is 25.1 Å². The molecular weight excluding hydrogens is 663 g/mol. The predicted molar refractivity (Wildman–Crippen MR) is 168 cm³/mol. The fraction of sp³-hybridized carbons (Fsp3) is 0.581. The number of nitrogens with zero attached hydrogens (tertiary/aromatic N) is 5. The van der Waals surface area contributed by atoms with E-state index in [-0.39, 0.29) is 30.3 Å². The maximum atomic E-state index is 13.0. The van der Waals surface area contributed by atoms with Crippen molar-refractivity contribution < 1.29 is 23.8 Å². The maximum Gasteiger partial charge on any atom is 0.408 e. The third kappa shape index (κ3) is 6.17. The maximum absolute atomic E-state index is 13.0. The highest BCUT2D eigenvalue weighted by Gasteiger charge is 2.49. The minimum absolute atomic E-state index is 0.0324. The van der Waals surface area contributed by atoms with Crippen molar-refractivity contribution in [2.45, 2.75) is 90.7 Å². The predicted octanol–water partition coefficient (Wildman–Crippen LogP) is 5.60. The van der Waals surface area contributed by atoms with Gasteiger partial charge in [-0.2, -0.15) is 5.10 Å². The minimum Gasteiger partial charge on any atom is -0.459 e. The number of hydrogen-bond acceptors (Lipinski definition) is 9. The van der Waals surface area contributed by atoms with E-state index < -0.39 is 11.7 Å². The summed E-state index contributed by atoms with van der Waals surface area (Å²) in [5.41, 5.74) is 3.65. The van der Waals surface area contributed by atoms with Crippen LogP contribution in [0.5, 0.6) is 0 Å². The first-order valence-corrected chi connectivity index (χ1v) is 16.1. The first-order valence-electron chi connectivity index (χ1n) is 15.0. The Hall–Kier alpha value is -3.00. The van der Waals surface area contributed by atoms with Crippen LogP contribution < -0.4 is 10.2 Å². The van der Waals surface area contributed by atoms with Gasteiger partial charge in [0.1, 0.15) is 23.4 Å². The number of anilines is 1. The normalized spacial score (nSPS) is 21.6. The molecule has 4 heterocycles. The van der Waals surface area contributed by atoms with Gasteiger partial charge in [0.2, 0.25) is 0 Å². The summed E-state index contributed by atoms with van der Waals surface area (Å²) in [5, 5.41) is 7.98. The Balaban J connectivity index is 1.30. The van der Waals surface area contributed by atoms with E-state index in [1.54, 1.807) is 0 Å². The number of carbonyl (C=O) groups is 2. The molecule has 2 saturated heterocycles. The van der Waals surface area contributed by atoms with Gasteiger partial charge in [0, 0.05) is 32.0 Å². The van der Waals surface area contributed by atoms with E-state index in [0.29, 0.717) is 42.4 Å².